The summed E-state index contributed by atoms with van der Waals surface area (Å²) in [5.74, 6) is 0.668. The zero-order chi connectivity index (χ0) is 18.4. The number of nitrogens with zero attached hydrogens (tertiary/aromatic N) is 2. The molecule has 0 spiro atoms. The summed E-state index contributed by atoms with van der Waals surface area (Å²) in [5, 5.41) is 3.47. The third kappa shape index (κ3) is 2.82. The van der Waals surface area contributed by atoms with Gasteiger partial charge >= 0.3 is 0 Å². The lowest BCUT2D eigenvalue weighted by Crippen LogP contribution is -2.23. The molecule has 3 aromatic rings. The fourth-order valence-electron chi connectivity index (χ4n) is 4.06. The van der Waals surface area contributed by atoms with Gasteiger partial charge in [-0.25, -0.2) is 12.4 Å². The summed E-state index contributed by atoms with van der Waals surface area (Å²) in [5.41, 5.74) is 3.39. The first-order chi connectivity index (χ1) is 13.1. The molecule has 2 aliphatic heterocycles. The molecule has 5 rings (SSSR count). The summed E-state index contributed by atoms with van der Waals surface area (Å²) in [7, 11) is -3.72. The van der Waals surface area contributed by atoms with Crippen LogP contribution in [0.4, 0.5) is 0 Å². The molecule has 140 valence electrons. The van der Waals surface area contributed by atoms with E-state index in [-0.39, 0.29) is 4.90 Å². The molecule has 4 heterocycles. The molecule has 0 amide bonds. The molecule has 1 saturated heterocycles. The summed E-state index contributed by atoms with van der Waals surface area (Å²) in [6, 6.07) is 9.12. The van der Waals surface area contributed by atoms with Gasteiger partial charge in [0.25, 0.3) is 10.0 Å². The highest BCUT2D eigenvalue weighted by atomic mass is 32.2. The molecule has 0 saturated carbocycles. The number of hydrogen-bond acceptors (Lipinski definition) is 5. The summed E-state index contributed by atoms with van der Waals surface area (Å²) in [6.45, 7) is 1.62. The van der Waals surface area contributed by atoms with Crippen LogP contribution < -0.4 is 10.1 Å². The van der Waals surface area contributed by atoms with Crippen molar-refractivity contribution in [3.05, 3.63) is 53.9 Å². The van der Waals surface area contributed by atoms with E-state index in [2.05, 4.69) is 10.3 Å². The Morgan fingerprint density at radius 2 is 2.22 bits per heavy atom. The van der Waals surface area contributed by atoms with Gasteiger partial charge in [-0.2, -0.15) is 0 Å². The minimum atomic E-state index is -3.72. The van der Waals surface area contributed by atoms with Gasteiger partial charge in [-0.15, -0.1) is 0 Å². The Morgan fingerprint density at radius 3 is 3.07 bits per heavy atom. The van der Waals surface area contributed by atoms with E-state index in [0.29, 0.717) is 23.9 Å². The van der Waals surface area contributed by atoms with Crippen molar-refractivity contribution in [1.82, 2.24) is 14.3 Å². The van der Waals surface area contributed by atoms with Gasteiger partial charge in [0.15, 0.2) is 0 Å². The quantitative estimate of drug-likeness (QED) is 0.749. The van der Waals surface area contributed by atoms with Crippen molar-refractivity contribution in [2.45, 2.75) is 36.6 Å². The molecule has 2 aromatic heterocycles. The molecular weight excluding hydrogens is 362 g/mol. The van der Waals surface area contributed by atoms with Crippen LogP contribution in [0.3, 0.4) is 0 Å². The van der Waals surface area contributed by atoms with Crippen LogP contribution >= 0.6 is 0 Å². The Kier molecular flexibility index (Phi) is 3.94. The number of ether oxygens (including phenoxy) is 1. The van der Waals surface area contributed by atoms with E-state index in [9.17, 15) is 8.42 Å². The highest BCUT2D eigenvalue weighted by Gasteiger charge is 2.25. The van der Waals surface area contributed by atoms with Crippen molar-refractivity contribution in [1.29, 1.82) is 0 Å². The normalized spacial score (nSPS) is 19.3. The minimum absolute atomic E-state index is 0.245. The van der Waals surface area contributed by atoms with Gasteiger partial charge in [-0.1, -0.05) is 6.07 Å². The van der Waals surface area contributed by atoms with Crippen LogP contribution in [-0.4, -0.2) is 36.6 Å². The van der Waals surface area contributed by atoms with E-state index in [1.165, 1.54) is 3.97 Å². The van der Waals surface area contributed by atoms with E-state index in [4.69, 9.17) is 4.74 Å². The third-order valence-electron chi connectivity index (χ3n) is 5.45. The largest absolute Gasteiger partial charge is 0.493 e. The van der Waals surface area contributed by atoms with E-state index in [0.717, 1.165) is 48.9 Å². The highest BCUT2D eigenvalue weighted by molar-refractivity contribution is 7.90. The highest BCUT2D eigenvalue weighted by Crippen LogP contribution is 2.31. The van der Waals surface area contributed by atoms with Crippen LogP contribution in [0.2, 0.25) is 0 Å². The topological polar surface area (TPSA) is 73.2 Å². The average Bonchev–Trinajstić information content (AvgIpc) is 3.41. The average molecular weight is 383 g/mol. The molecule has 1 atom stereocenters. The Morgan fingerprint density at radius 1 is 1.30 bits per heavy atom. The Bertz CT molecular complexity index is 1110. The summed E-state index contributed by atoms with van der Waals surface area (Å²) >= 11 is 0. The zero-order valence-corrected chi connectivity index (χ0v) is 15.7. The van der Waals surface area contributed by atoms with Gasteiger partial charge in [0.2, 0.25) is 0 Å². The van der Waals surface area contributed by atoms with Gasteiger partial charge in [0, 0.05) is 30.9 Å². The van der Waals surface area contributed by atoms with Crippen LogP contribution in [0.15, 0.2) is 47.6 Å². The van der Waals surface area contributed by atoms with Gasteiger partial charge in [-0.05, 0) is 55.1 Å². The van der Waals surface area contributed by atoms with E-state index >= 15 is 0 Å². The van der Waals surface area contributed by atoms with Crippen LogP contribution in [-0.2, 0) is 22.9 Å². The van der Waals surface area contributed by atoms with Gasteiger partial charge in [0.1, 0.15) is 5.75 Å². The Labute approximate surface area is 158 Å². The lowest BCUT2D eigenvalue weighted by atomic mass is 10.1. The first-order valence-corrected chi connectivity index (χ1v) is 10.8. The van der Waals surface area contributed by atoms with Crippen molar-refractivity contribution in [2.75, 3.05) is 13.2 Å². The maximum atomic E-state index is 13.4. The smallest absolute Gasteiger partial charge is 0.268 e. The van der Waals surface area contributed by atoms with E-state index in [1.807, 2.05) is 12.1 Å². The lowest BCUT2D eigenvalue weighted by molar-refractivity contribution is 0.356. The van der Waals surface area contributed by atoms with Crippen LogP contribution in [0, 0.1) is 0 Å². The van der Waals surface area contributed by atoms with Crippen molar-refractivity contribution < 1.29 is 13.2 Å². The number of pyridine rings is 1. The standard InChI is InChI=1S/C20H21N3O3S/c24-27(25,17-6-5-14-7-10-26-19(14)12-17)23-13-15(11-16-3-1-8-21-16)20-18(23)4-2-9-22-20/h2,4-6,9,12-13,16,21H,1,3,7-8,10-11H2/t16-/m1/s1. The predicted octanol–water partition coefficient (Wildman–Crippen LogP) is 2.50. The molecule has 7 heteroatoms. The monoisotopic (exact) mass is 383 g/mol. The van der Waals surface area contributed by atoms with Crippen molar-refractivity contribution in [2.24, 2.45) is 0 Å². The van der Waals surface area contributed by atoms with Crippen molar-refractivity contribution in [3.63, 3.8) is 0 Å². The zero-order valence-electron chi connectivity index (χ0n) is 14.9. The number of nitrogens with one attached hydrogen (secondary N) is 1. The van der Waals surface area contributed by atoms with Crippen molar-refractivity contribution in [3.8, 4) is 5.75 Å². The fraction of sp³-hybridized carbons (Fsp3) is 0.350. The summed E-state index contributed by atoms with van der Waals surface area (Å²) in [4.78, 5) is 4.72. The molecule has 1 fully saturated rings. The minimum Gasteiger partial charge on any atom is -0.493 e. The number of aromatic nitrogens is 2. The first kappa shape index (κ1) is 16.8. The lowest BCUT2D eigenvalue weighted by Gasteiger charge is -2.09. The third-order valence-corrected chi connectivity index (χ3v) is 7.12. The Balaban J connectivity index is 1.61. The second-order valence-corrected chi connectivity index (χ2v) is 9.01. The molecule has 0 radical (unpaired) electrons. The fourth-order valence-corrected chi connectivity index (χ4v) is 5.46. The SMILES string of the molecule is O=S(=O)(c1ccc2c(c1)OCC2)n1cc(C[C@H]2CCCN2)c2ncccc21. The second-order valence-electron chi connectivity index (χ2n) is 7.19. The van der Waals surface area contributed by atoms with Crippen molar-refractivity contribution >= 4 is 21.1 Å². The number of benzene rings is 1. The molecule has 0 unspecified atom stereocenters. The molecule has 27 heavy (non-hydrogen) atoms. The molecule has 0 aliphatic carbocycles. The predicted molar refractivity (Wildman–Crippen MR) is 103 cm³/mol. The molecule has 6 nitrogen and oxygen atoms in total. The van der Waals surface area contributed by atoms with Crippen LogP contribution in [0.5, 0.6) is 5.75 Å². The van der Waals surface area contributed by atoms with Gasteiger partial charge in [0.05, 0.1) is 22.5 Å². The summed E-state index contributed by atoms with van der Waals surface area (Å²) < 4.78 is 33.7. The molecule has 1 aromatic carbocycles. The van der Waals surface area contributed by atoms with Gasteiger partial charge < -0.3 is 10.1 Å². The van der Waals surface area contributed by atoms with Gasteiger partial charge in [-0.3, -0.25) is 4.98 Å². The second kappa shape index (κ2) is 6.35. The van der Waals surface area contributed by atoms with E-state index < -0.39 is 10.0 Å². The molecule has 1 N–H and O–H groups in total. The number of rotatable bonds is 4. The molecular formula is C20H21N3O3S. The van der Waals surface area contributed by atoms with Crippen LogP contribution in [0.1, 0.15) is 24.0 Å². The Hall–Kier alpha value is -2.38. The maximum Gasteiger partial charge on any atom is 0.268 e. The summed E-state index contributed by atoms with van der Waals surface area (Å²) in [6.07, 6.45) is 7.32. The number of hydrogen-bond donors (Lipinski definition) is 1. The maximum absolute atomic E-state index is 13.4. The first-order valence-electron chi connectivity index (χ1n) is 9.32. The van der Waals surface area contributed by atoms with Crippen LogP contribution in [0.25, 0.3) is 11.0 Å². The molecule has 0 bridgehead atoms. The van der Waals surface area contributed by atoms with E-state index in [1.54, 1.807) is 30.6 Å². The number of fused-ring (bicyclic) bond motifs is 2. The molecule has 2 aliphatic rings.